The SMILES string of the molecule is COC(=O)c1ccc(CC(=O)CCc2cc(C)nn2-c2cccc(Cl)c2)cc1F.COC(=O)c1ccc(N)cc1F.COC(=O)c1ccc([N+](=O)[O-])cc1F.Cc1cc(CCC(=O)Cc2ccc(C(=O)N(C)C)c(F)c2)n(-c2cccc(Cl)c2)n1.Cc1cc(CCC(=O)Cc2ccc(C(=O)O)c(F)c2)n(-c2cccc(Cl)c2)n1.Cc1cc(CCC(=O)Oc2ccccc2)n(-c2cccc(Cl)c2)n1.O=C(O)c1ccc([N+](=O)[O-])cc1F. The number of rotatable bonds is 31. The molecule has 15 rings (SSSR count). The normalized spacial score (nSPS) is 10.4. The van der Waals surface area contributed by atoms with Gasteiger partial charge in [-0.05, 0) is 240 Å². The number of benzene rings is 11. The van der Waals surface area contributed by atoms with Gasteiger partial charge in [0, 0.05) is 120 Å². The molecule has 0 aliphatic carbocycles. The highest BCUT2D eigenvalue weighted by Gasteiger charge is 2.24. The summed E-state index contributed by atoms with van der Waals surface area (Å²) in [5.74, 6) is -10.2. The van der Waals surface area contributed by atoms with Crippen molar-refractivity contribution >= 4 is 123 Å². The number of carboxylic acid groups (broad SMARTS) is 2. The number of nitrogens with two attached hydrogens (primary N) is 1. The predicted molar refractivity (Wildman–Crippen MR) is 547 cm³/mol. The molecule has 11 aromatic carbocycles. The van der Waals surface area contributed by atoms with Crippen LogP contribution >= 0.6 is 46.4 Å². The predicted octanol–water partition coefficient (Wildman–Crippen LogP) is 21.9. The number of methoxy groups -OCH3 is 3. The van der Waals surface area contributed by atoms with Crippen LogP contribution < -0.4 is 10.5 Å². The number of anilines is 1. The maximum Gasteiger partial charge on any atom is 0.340 e. The summed E-state index contributed by atoms with van der Waals surface area (Å²) >= 11 is 24.3. The molecule has 150 heavy (non-hydrogen) atoms. The van der Waals surface area contributed by atoms with Gasteiger partial charge in [0.2, 0.25) is 0 Å². The fraction of sp³-hybridized carbons (Fsp3) is 0.185. The number of nitro groups is 2. The molecule has 0 saturated heterocycles. The number of hydrogen-bond acceptors (Lipinski definition) is 23. The smallest absolute Gasteiger partial charge is 0.340 e. The van der Waals surface area contributed by atoms with Gasteiger partial charge in [0.05, 0.1) is 129 Å². The summed E-state index contributed by atoms with van der Waals surface area (Å²) in [7, 11) is 6.61. The number of carbonyl (C=O) groups excluding carboxylic acids is 8. The molecule has 0 unspecified atom stereocenters. The first kappa shape index (κ1) is 116. The zero-order chi connectivity index (χ0) is 110. The van der Waals surface area contributed by atoms with Crippen molar-refractivity contribution in [2.24, 2.45) is 0 Å². The minimum Gasteiger partial charge on any atom is -0.478 e. The van der Waals surface area contributed by atoms with Gasteiger partial charge in [0.1, 0.15) is 58.0 Å². The summed E-state index contributed by atoms with van der Waals surface area (Å²) in [5, 5.41) is 58.0. The highest BCUT2D eigenvalue weighted by atomic mass is 35.5. The van der Waals surface area contributed by atoms with E-state index in [0.29, 0.717) is 86.8 Å². The molecule has 0 radical (unpaired) electrons. The number of Topliss-reactive ketones (excluding diaryl/α,β-unsaturated/α-hetero) is 3. The molecule has 0 aliphatic heterocycles. The molecule has 4 heterocycles. The maximum absolute atomic E-state index is 14.3. The second kappa shape index (κ2) is 56.0. The molecule has 42 heteroatoms. The van der Waals surface area contributed by atoms with Gasteiger partial charge < -0.3 is 39.8 Å². The third-order valence-corrected chi connectivity index (χ3v) is 22.3. The van der Waals surface area contributed by atoms with Crippen molar-refractivity contribution < 1.29 is 113 Å². The number of hydrogen-bond donors (Lipinski definition) is 3. The number of ketones is 3. The Labute approximate surface area is 874 Å². The number of nitrogen functional groups attached to an aromatic ring is 1. The van der Waals surface area contributed by atoms with E-state index in [2.05, 4.69) is 34.6 Å². The lowest BCUT2D eigenvalue weighted by Crippen LogP contribution is -2.22. The zero-order valence-corrected chi connectivity index (χ0v) is 84.6. The van der Waals surface area contributed by atoms with Crippen LogP contribution in [0.4, 0.5) is 43.4 Å². The minimum absolute atomic E-state index is 0.00269. The molecule has 0 atom stereocenters. The lowest BCUT2D eigenvalue weighted by Gasteiger charge is -2.11. The van der Waals surface area contributed by atoms with Gasteiger partial charge >= 0.3 is 35.8 Å². The van der Waals surface area contributed by atoms with Crippen LogP contribution in [-0.4, -0.2) is 159 Å². The van der Waals surface area contributed by atoms with E-state index in [9.17, 15) is 94.5 Å². The number of halogens is 10. The Morgan fingerprint density at radius 2 is 0.633 bits per heavy atom. The molecule has 0 aliphatic rings. The van der Waals surface area contributed by atoms with Crippen LogP contribution in [0.15, 0.2) is 261 Å². The first-order valence-corrected chi connectivity index (χ1v) is 46.6. The van der Waals surface area contributed by atoms with E-state index in [4.69, 9.17) is 67.1 Å². The number of amides is 1. The van der Waals surface area contributed by atoms with E-state index in [-0.39, 0.29) is 89.8 Å². The molecule has 0 bridgehead atoms. The van der Waals surface area contributed by atoms with Gasteiger partial charge in [-0.15, -0.1) is 0 Å². The summed E-state index contributed by atoms with van der Waals surface area (Å²) in [5.41, 5.74) is 15.0. The third kappa shape index (κ3) is 35.1. The Kier molecular flexibility index (Phi) is 43.5. The molecule has 0 saturated carbocycles. The van der Waals surface area contributed by atoms with Gasteiger partial charge in [-0.25, -0.2) is 69.0 Å². The van der Waals surface area contributed by atoms with Crippen molar-refractivity contribution in [3.63, 3.8) is 0 Å². The van der Waals surface area contributed by atoms with E-state index >= 15 is 0 Å². The highest BCUT2D eigenvalue weighted by molar-refractivity contribution is 6.31. The number of aryl methyl sites for hydroxylation is 8. The number of nitro benzene ring substituents is 2. The number of ether oxygens (including phenoxy) is 4. The molecule has 778 valence electrons. The van der Waals surface area contributed by atoms with Gasteiger partial charge in [-0.3, -0.25) is 44.2 Å². The van der Waals surface area contributed by atoms with Crippen LogP contribution in [0.5, 0.6) is 5.75 Å². The number of esters is 4. The summed E-state index contributed by atoms with van der Waals surface area (Å²) in [4.78, 5) is 136. The number of aromatic carboxylic acids is 2. The number of aromatic nitrogens is 8. The lowest BCUT2D eigenvalue weighted by molar-refractivity contribution is -0.385. The van der Waals surface area contributed by atoms with Crippen LogP contribution in [0.25, 0.3) is 22.7 Å². The van der Waals surface area contributed by atoms with Crippen LogP contribution in [-0.2, 0) is 78.3 Å². The van der Waals surface area contributed by atoms with Crippen LogP contribution in [0.3, 0.4) is 0 Å². The third-order valence-electron chi connectivity index (χ3n) is 21.3. The standard InChI is InChI=1S/C23H23ClFN3O2.C22H20ClFN2O3.C21H18ClFN2O3.C19H17ClN2O2.C8H6FNO4.C8H8FNO2.C7H4FNO4/c1-15-11-19(28(26-15)18-6-4-5-17(24)14-18)8-9-20(29)12-16-7-10-21(22(25)13-16)23(30)27(2)3;1-14-10-18(26(25-14)17-5-3-4-16(23)13-17)7-8-19(27)11-15-6-9-20(21(24)12-15)22(28)29-2;1-13-9-17(25(24-13)16-4-2-3-15(22)12-16)6-7-18(26)10-14-5-8-19(21(27)28)20(23)11-14;1-14-12-17(22(21-14)16-7-5-6-15(20)13-16)10-11-19(23)24-18-8-3-2-4-9-18;1-14-8(11)6-3-2-5(10(12)13)4-7(6)9;1-12-8(11)6-3-2-5(10)4-7(6)9;8-6-3-4(9(12)13)1-2-5(6)7(10)11/h4-7,10-11,13-14H,8-9,12H2,1-3H3;3-6,9-10,12-13H,7-8,11H2,1-2H3;2-5,8-9,11-12H,6-7,10H2,1H3,(H,27,28);2-9,12-13H,10-11H2,1H3;2-4H,1H3;2-4H,10H2,1H3;1-3H,(H,10,11). The van der Waals surface area contributed by atoms with E-state index in [0.717, 1.165) is 112 Å². The summed E-state index contributed by atoms with van der Waals surface area (Å²) in [6.07, 6.45) is 3.37. The fourth-order valence-electron chi connectivity index (χ4n) is 14.3. The first-order valence-electron chi connectivity index (χ1n) is 45.1. The summed E-state index contributed by atoms with van der Waals surface area (Å²) < 4.78 is 106. The molecule has 0 fully saturated rings. The average Bonchev–Trinajstić information content (AvgIpc) is 1.68. The van der Waals surface area contributed by atoms with Gasteiger partial charge in [-0.1, -0.05) is 107 Å². The van der Waals surface area contributed by atoms with E-state index in [1.165, 1.54) is 67.7 Å². The lowest BCUT2D eigenvalue weighted by atomic mass is 10.0. The van der Waals surface area contributed by atoms with Crippen LogP contribution in [0, 0.1) is 82.8 Å². The molecule has 4 N–H and O–H groups in total. The van der Waals surface area contributed by atoms with E-state index in [1.807, 2.05) is 148 Å². The largest absolute Gasteiger partial charge is 0.478 e. The number of carboxylic acids is 2. The Morgan fingerprint density at radius 1 is 0.353 bits per heavy atom. The van der Waals surface area contributed by atoms with Crippen LogP contribution in [0.1, 0.15) is 150 Å². The summed E-state index contributed by atoms with van der Waals surface area (Å²) in [6.45, 7) is 7.58. The monoisotopic (exact) mass is 2130 g/mol. The zero-order valence-electron chi connectivity index (χ0n) is 81.6. The van der Waals surface area contributed by atoms with E-state index in [1.54, 1.807) is 76.7 Å². The molecule has 4 aromatic heterocycles. The fourth-order valence-corrected chi connectivity index (χ4v) is 15.0. The van der Waals surface area contributed by atoms with Crippen LogP contribution in [0.2, 0.25) is 20.1 Å². The topological polar surface area (TPSA) is 435 Å². The van der Waals surface area contributed by atoms with Gasteiger partial charge in [0.25, 0.3) is 17.3 Å². The van der Waals surface area contributed by atoms with Crippen molar-refractivity contribution in [1.82, 2.24) is 44.0 Å². The molecule has 32 nitrogen and oxygen atoms in total. The van der Waals surface area contributed by atoms with Crippen molar-refractivity contribution in [2.45, 2.75) is 98.3 Å². The Bertz CT molecular complexity index is 7470. The first-order chi connectivity index (χ1) is 71.3. The molecular weight excluding hydrogens is 2040 g/mol. The Hall–Kier alpha value is -17.1. The second-order valence-corrected chi connectivity index (χ2v) is 34.7. The Balaban J connectivity index is 0.000000199. The van der Waals surface area contributed by atoms with Crippen molar-refractivity contribution in [3.8, 4) is 28.5 Å². The number of non-ortho nitro benzene ring substituents is 2. The molecule has 15 aromatic rings. The Morgan fingerprint density at radius 3 is 0.913 bits per heavy atom. The summed E-state index contributed by atoms with van der Waals surface area (Å²) in [6, 6.07) is 67.3. The van der Waals surface area contributed by atoms with Crippen molar-refractivity contribution in [2.75, 3.05) is 41.2 Å². The number of nitrogens with zero attached hydrogens (tertiary/aromatic N) is 11. The molecular formula is C108H96Cl4F6N12O20. The maximum atomic E-state index is 14.3. The molecule has 1 amide bonds. The highest BCUT2D eigenvalue weighted by Crippen LogP contribution is 2.28. The number of para-hydroxylation sites is 1. The average molecular weight is 2140 g/mol. The second-order valence-electron chi connectivity index (χ2n) is 32.9. The number of carbonyl (C=O) groups is 10. The van der Waals surface area contributed by atoms with Gasteiger partial charge in [-0.2, -0.15) is 20.4 Å². The van der Waals surface area contributed by atoms with E-state index < -0.39 is 103 Å². The van der Waals surface area contributed by atoms with Gasteiger partial charge in [0.15, 0.2) is 0 Å². The minimum atomic E-state index is -1.45. The van der Waals surface area contributed by atoms with Crippen molar-refractivity contribution in [1.29, 1.82) is 0 Å². The quantitative estimate of drug-likeness (QED) is 0.00691. The molecule has 0 spiro atoms. The van der Waals surface area contributed by atoms with Crippen molar-refractivity contribution in [3.05, 3.63) is 432 Å².